The number of hydrogen-bond donors (Lipinski definition) is 3. The Hall–Kier alpha value is -6.51. The average Bonchev–Trinajstić information content (AvgIpc) is 3.64. The Morgan fingerprint density at radius 2 is 1.31 bits per heavy atom. The summed E-state index contributed by atoms with van der Waals surface area (Å²) in [5, 5.41) is 12.6. The first-order valence-electron chi connectivity index (χ1n) is 20.3. The normalized spacial score (nSPS) is 16.1. The Morgan fingerprint density at radius 1 is 0.694 bits per heavy atom. The fourth-order valence-electron chi connectivity index (χ4n) is 7.40. The lowest BCUT2D eigenvalue weighted by Gasteiger charge is -2.26. The molecule has 1 aliphatic carbocycles. The van der Waals surface area contributed by atoms with Crippen molar-refractivity contribution < 1.29 is 30.5 Å². The summed E-state index contributed by atoms with van der Waals surface area (Å²) >= 11 is 0. The highest BCUT2D eigenvalue weighted by Gasteiger charge is 2.25. The first-order chi connectivity index (χ1) is 30.0. The van der Waals surface area contributed by atoms with Crippen LogP contribution in [-0.4, -0.2) is 48.9 Å². The van der Waals surface area contributed by atoms with Gasteiger partial charge in [-0.25, -0.2) is 0 Å². The number of aromatic nitrogens is 1. The Bertz CT molecular complexity index is 2800. The molecule has 0 bridgehead atoms. The highest BCUT2D eigenvalue weighted by atomic mass is 32.2. The van der Waals surface area contributed by atoms with E-state index in [1.807, 2.05) is 149 Å². The number of nitrogens with one attached hydrogen (secondary N) is 1. The molecule has 7 rings (SSSR count). The van der Waals surface area contributed by atoms with Crippen molar-refractivity contribution in [2.75, 3.05) is 23.4 Å². The molecule has 11 nitrogen and oxygen atoms in total. The molecule has 2 aliphatic rings. The minimum Gasteiger partial charge on any atom is -0.355 e. The second-order valence-electron chi connectivity index (χ2n) is 14.8. The summed E-state index contributed by atoms with van der Waals surface area (Å²) in [7, 11) is -8.25. The molecular weight excluding hydrogens is 819 g/mol. The van der Waals surface area contributed by atoms with Crippen LogP contribution in [0.2, 0.25) is 0 Å². The van der Waals surface area contributed by atoms with E-state index in [1.165, 1.54) is 0 Å². The maximum absolute atomic E-state index is 11.7. The molecule has 1 aliphatic heterocycles. The number of aryl methyl sites for hydroxylation is 1. The molecule has 0 atom stereocenters. The Kier molecular flexibility index (Phi) is 14.3. The Balaban J connectivity index is 1.36. The summed E-state index contributed by atoms with van der Waals surface area (Å²) in [5.41, 5.74) is 11.0. The number of pyridine rings is 1. The number of rotatable bonds is 17. The van der Waals surface area contributed by atoms with Crippen LogP contribution in [0.5, 0.6) is 0 Å². The summed E-state index contributed by atoms with van der Waals surface area (Å²) in [5.74, 6) is -0.693. The summed E-state index contributed by atoms with van der Waals surface area (Å²) in [6.07, 6.45) is 16.0. The van der Waals surface area contributed by atoms with E-state index in [0.717, 1.165) is 61.9 Å². The van der Waals surface area contributed by atoms with Gasteiger partial charge in [0.05, 0.1) is 28.5 Å². The third-order valence-electron chi connectivity index (χ3n) is 10.3. The molecule has 0 saturated heterocycles. The molecule has 0 fully saturated rings. The van der Waals surface area contributed by atoms with E-state index >= 15 is 0 Å². The number of benzene rings is 4. The summed E-state index contributed by atoms with van der Waals surface area (Å²) in [4.78, 5) is 2.02. The van der Waals surface area contributed by atoms with Crippen molar-refractivity contribution in [1.29, 1.82) is 0 Å². The smallest absolute Gasteiger partial charge is 0.265 e. The van der Waals surface area contributed by atoms with Gasteiger partial charge in [-0.2, -0.15) is 31.6 Å². The van der Waals surface area contributed by atoms with Gasteiger partial charge in [0.15, 0.2) is 6.20 Å². The monoisotopic (exact) mass is 866 g/mol. The standard InChI is InChI=1S/C49H47N5O6S2/c55-61(56,57)34-14-32-53-30-12-10-22-47(53)45(38-16-4-1-5-17-38)36-40-24-25-41(49(40)50-42-26-28-44(29-27-42)52-51-43-20-8-3-9-21-43)37-46(39-18-6-2-7-19-39)48-23-11-13-31-54(48)33-15-35-62(58,59)60/h1-13,16-23,26-31,36-37H,14-15,24-25,32-35H2,(H2,55,56,57,58,59,60)/p+1/b40-36+,47-45+,52-51?. The fourth-order valence-corrected chi connectivity index (χ4v) is 8.39. The van der Waals surface area contributed by atoms with E-state index in [0.29, 0.717) is 31.6 Å². The first-order valence-corrected chi connectivity index (χ1v) is 23.6. The molecule has 0 spiro atoms. The van der Waals surface area contributed by atoms with Crippen molar-refractivity contribution in [2.45, 2.75) is 32.2 Å². The number of anilines is 1. The van der Waals surface area contributed by atoms with Gasteiger partial charge >= 0.3 is 0 Å². The maximum Gasteiger partial charge on any atom is 0.265 e. The lowest BCUT2D eigenvalue weighted by Crippen LogP contribution is -2.38. The zero-order chi connectivity index (χ0) is 43.4. The van der Waals surface area contributed by atoms with E-state index in [4.69, 9.17) is 0 Å². The molecule has 1 aromatic heterocycles. The van der Waals surface area contributed by atoms with Crippen molar-refractivity contribution in [2.24, 2.45) is 10.2 Å². The predicted octanol–water partition coefficient (Wildman–Crippen LogP) is 10.3. The molecule has 0 amide bonds. The fraction of sp³-hybridized carbons (Fsp3) is 0.163. The molecule has 2 heterocycles. The third kappa shape index (κ3) is 12.3. The van der Waals surface area contributed by atoms with Crippen LogP contribution in [0.3, 0.4) is 0 Å². The molecule has 0 radical (unpaired) electrons. The van der Waals surface area contributed by atoms with Crippen LogP contribution in [0.15, 0.2) is 209 Å². The lowest BCUT2D eigenvalue weighted by atomic mass is 9.97. The van der Waals surface area contributed by atoms with Crippen LogP contribution in [0.1, 0.15) is 42.5 Å². The highest BCUT2D eigenvalue weighted by molar-refractivity contribution is 7.86. The van der Waals surface area contributed by atoms with Gasteiger partial charge in [-0.3, -0.25) is 9.11 Å². The van der Waals surface area contributed by atoms with E-state index in [1.54, 1.807) is 0 Å². The van der Waals surface area contributed by atoms with Gasteiger partial charge in [0.2, 0.25) is 5.69 Å². The molecular formula is C49H48N5O6S2+. The zero-order valence-electron chi connectivity index (χ0n) is 34.0. The molecule has 62 heavy (non-hydrogen) atoms. The van der Waals surface area contributed by atoms with Crippen molar-refractivity contribution in [3.8, 4) is 0 Å². The molecule has 0 saturated carbocycles. The predicted molar refractivity (Wildman–Crippen MR) is 246 cm³/mol. The number of allylic oxidation sites excluding steroid dienone is 8. The number of azo groups is 1. The van der Waals surface area contributed by atoms with Gasteiger partial charge < -0.3 is 10.2 Å². The zero-order valence-corrected chi connectivity index (χ0v) is 35.7. The Labute approximate surface area is 363 Å². The maximum atomic E-state index is 11.7. The van der Waals surface area contributed by atoms with E-state index in [2.05, 4.69) is 52.0 Å². The molecule has 13 heteroatoms. The minimum atomic E-state index is -4.12. The first kappa shape index (κ1) is 43.6. The molecule has 3 N–H and O–H groups in total. The van der Waals surface area contributed by atoms with Gasteiger partial charge in [-0.05, 0) is 108 Å². The quantitative estimate of drug-likeness (QED) is 0.0475. The van der Waals surface area contributed by atoms with Crippen LogP contribution in [0.4, 0.5) is 17.1 Å². The van der Waals surface area contributed by atoms with Gasteiger partial charge in [-0.1, -0.05) is 84.9 Å². The van der Waals surface area contributed by atoms with Crippen LogP contribution in [0, 0.1) is 0 Å². The lowest BCUT2D eigenvalue weighted by molar-refractivity contribution is -0.698. The van der Waals surface area contributed by atoms with Crippen molar-refractivity contribution in [3.63, 3.8) is 0 Å². The van der Waals surface area contributed by atoms with Gasteiger partial charge in [0, 0.05) is 54.0 Å². The minimum absolute atomic E-state index is 0.235. The molecule has 316 valence electrons. The van der Waals surface area contributed by atoms with Gasteiger partial charge in [-0.15, -0.1) is 0 Å². The number of nitrogens with zero attached hydrogens (tertiary/aromatic N) is 4. The van der Waals surface area contributed by atoms with Crippen LogP contribution in [-0.2, 0) is 26.8 Å². The molecule has 4 aromatic carbocycles. The van der Waals surface area contributed by atoms with Crippen LogP contribution in [0.25, 0.3) is 11.1 Å². The molecule has 5 aromatic rings. The second-order valence-corrected chi connectivity index (χ2v) is 18.0. The summed E-state index contributed by atoms with van der Waals surface area (Å²) in [6.45, 7) is 0.750. The van der Waals surface area contributed by atoms with Crippen LogP contribution >= 0.6 is 0 Å². The van der Waals surface area contributed by atoms with E-state index < -0.39 is 20.2 Å². The van der Waals surface area contributed by atoms with E-state index in [9.17, 15) is 25.9 Å². The van der Waals surface area contributed by atoms with Crippen molar-refractivity contribution >= 4 is 48.4 Å². The van der Waals surface area contributed by atoms with Crippen LogP contribution < -0.4 is 9.88 Å². The SMILES string of the molecule is O=S(=O)(O)CCCN1C=CC=C/C1=C(/C=C1\CCC(/C=C(\c2ccccc2)c2cccc[n+]2CCCS(=O)(=O)O)=C1Nc1ccc(N=Nc2ccccc2)cc1)c1ccccc1. The van der Waals surface area contributed by atoms with Gasteiger partial charge in [0.25, 0.3) is 20.2 Å². The summed E-state index contributed by atoms with van der Waals surface area (Å²) < 4.78 is 67.6. The largest absolute Gasteiger partial charge is 0.355 e. The second kappa shape index (κ2) is 20.4. The summed E-state index contributed by atoms with van der Waals surface area (Å²) in [6, 6.07) is 43.4. The van der Waals surface area contributed by atoms with Gasteiger partial charge in [0.1, 0.15) is 6.54 Å². The molecule has 0 unspecified atom stereocenters. The van der Waals surface area contributed by atoms with Crippen molar-refractivity contribution in [1.82, 2.24) is 4.90 Å². The number of hydrogen-bond acceptors (Lipinski definition) is 8. The third-order valence-corrected chi connectivity index (χ3v) is 11.9. The topological polar surface area (TPSA) is 153 Å². The van der Waals surface area contributed by atoms with E-state index in [-0.39, 0.29) is 24.3 Å². The highest BCUT2D eigenvalue weighted by Crippen LogP contribution is 2.39. The van der Waals surface area contributed by atoms with Crippen molar-refractivity contribution in [3.05, 3.63) is 216 Å². The average molecular weight is 867 g/mol. The Morgan fingerprint density at radius 3 is 1.98 bits per heavy atom.